The minimum Gasteiger partial charge on any atom is -0.505 e. The zero-order valence-electron chi connectivity index (χ0n) is 14.6. The lowest BCUT2D eigenvalue weighted by Crippen LogP contribution is -2.05. The second-order valence-corrected chi connectivity index (χ2v) is 6.12. The predicted octanol–water partition coefficient (Wildman–Crippen LogP) is 3.87. The van der Waals surface area contributed by atoms with Crippen LogP contribution in [0.25, 0.3) is 10.9 Å². The molecule has 1 aromatic heterocycles. The molecule has 0 aliphatic heterocycles. The van der Waals surface area contributed by atoms with E-state index in [0.717, 1.165) is 17.0 Å². The van der Waals surface area contributed by atoms with Gasteiger partial charge < -0.3 is 19.5 Å². The summed E-state index contributed by atoms with van der Waals surface area (Å²) >= 11 is 0. The molecule has 0 saturated heterocycles. The zero-order valence-corrected chi connectivity index (χ0v) is 14.6. The molecule has 6 heteroatoms. The van der Waals surface area contributed by atoms with Gasteiger partial charge in [0.25, 0.3) is 0 Å². The highest BCUT2D eigenvalue weighted by Gasteiger charge is 2.19. The fourth-order valence-electron chi connectivity index (χ4n) is 3.17. The lowest BCUT2D eigenvalue weighted by molar-refractivity contribution is -0.136. The summed E-state index contributed by atoms with van der Waals surface area (Å²) in [6.45, 7) is 4.76. The maximum Gasteiger partial charge on any atom is 0.307 e. The Morgan fingerprint density at radius 1 is 1.23 bits per heavy atom. The van der Waals surface area contributed by atoms with Crippen LogP contribution in [0.3, 0.4) is 0 Å². The molecule has 5 nitrogen and oxygen atoms in total. The summed E-state index contributed by atoms with van der Waals surface area (Å²) in [6.07, 6.45) is -0.191. The van der Waals surface area contributed by atoms with Gasteiger partial charge in [-0.05, 0) is 43.2 Å². The number of hydrogen-bond acceptors (Lipinski definition) is 3. The van der Waals surface area contributed by atoms with E-state index in [1.54, 1.807) is 0 Å². The number of rotatable bonds is 6. The lowest BCUT2D eigenvalue weighted by Gasteiger charge is -2.10. The Morgan fingerprint density at radius 3 is 2.54 bits per heavy atom. The Bertz CT molecular complexity index is 960. The van der Waals surface area contributed by atoms with Crippen LogP contribution < -0.4 is 4.74 Å². The maximum absolute atomic E-state index is 13.9. The van der Waals surface area contributed by atoms with Gasteiger partial charge >= 0.3 is 5.97 Å². The normalized spacial score (nSPS) is 11.0. The second kappa shape index (κ2) is 7.07. The Balaban J connectivity index is 2.08. The number of hydrogen-bond donors (Lipinski definition) is 2. The molecule has 0 aliphatic carbocycles. The Labute approximate surface area is 150 Å². The lowest BCUT2D eigenvalue weighted by atomic mass is 10.1. The van der Waals surface area contributed by atoms with Gasteiger partial charge in [-0.25, -0.2) is 4.39 Å². The van der Waals surface area contributed by atoms with Crippen LogP contribution in [0.1, 0.15) is 23.7 Å². The largest absolute Gasteiger partial charge is 0.505 e. The number of aromatic hydroxyl groups is 1. The van der Waals surface area contributed by atoms with Crippen LogP contribution in [0, 0.1) is 12.7 Å². The molecule has 0 fully saturated rings. The molecular formula is C20H20FNO4. The number of carboxylic acid groups (broad SMARTS) is 1. The Hall–Kier alpha value is -3.02. The second-order valence-electron chi connectivity index (χ2n) is 6.12. The highest BCUT2D eigenvalue weighted by Crippen LogP contribution is 2.32. The molecule has 3 rings (SSSR count). The highest BCUT2D eigenvalue weighted by atomic mass is 19.1. The molecule has 0 unspecified atom stereocenters. The molecule has 0 bridgehead atoms. The molecule has 0 aliphatic rings. The van der Waals surface area contributed by atoms with Crippen molar-refractivity contribution in [3.05, 3.63) is 59.0 Å². The van der Waals surface area contributed by atoms with Gasteiger partial charge in [-0.2, -0.15) is 0 Å². The van der Waals surface area contributed by atoms with Gasteiger partial charge in [0, 0.05) is 23.7 Å². The van der Waals surface area contributed by atoms with E-state index in [9.17, 15) is 19.4 Å². The molecule has 1 heterocycles. The van der Waals surface area contributed by atoms with Crippen LogP contribution in [0.5, 0.6) is 11.5 Å². The summed E-state index contributed by atoms with van der Waals surface area (Å²) in [5.74, 6) is -1.42. The van der Waals surface area contributed by atoms with Crippen LogP contribution in [0.2, 0.25) is 0 Å². The monoisotopic (exact) mass is 357 g/mol. The van der Waals surface area contributed by atoms with Crippen molar-refractivity contribution in [1.29, 1.82) is 0 Å². The number of halogens is 1. The van der Waals surface area contributed by atoms with Crippen molar-refractivity contribution in [1.82, 2.24) is 4.57 Å². The van der Waals surface area contributed by atoms with E-state index in [-0.39, 0.29) is 6.42 Å². The van der Waals surface area contributed by atoms with Gasteiger partial charge in [-0.15, -0.1) is 0 Å². The first-order valence-electron chi connectivity index (χ1n) is 8.34. The van der Waals surface area contributed by atoms with Gasteiger partial charge in [0.15, 0.2) is 11.6 Å². The molecule has 2 aromatic carbocycles. The van der Waals surface area contributed by atoms with E-state index >= 15 is 0 Å². The summed E-state index contributed by atoms with van der Waals surface area (Å²) in [5.41, 5.74) is 2.85. The third-order valence-corrected chi connectivity index (χ3v) is 4.43. The molecule has 0 amide bonds. The first-order valence-corrected chi connectivity index (χ1v) is 8.34. The predicted molar refractivity (Wildman–Crippen MR) is 96.4 cm³/mol. The number of carbonyl (C=O) groups is 1. The molecule has 26 heavy (non-hydrogen) atoms. The van der Waals surface area contributed by atoms with E-state index in [1.165, 1.54) is 12.1 Å². The summed E-state index contributed by atoms with van der Waals surface area (Å²) in [4.78, 5) is 11.2. The summed E-state index contributed by atoms with van der Waals surface area (Å²) < 4.78 is 21.2. The van der Waals surface area contributed by atoms with E-state index < -0.39 is 17.5 Å². The standard InChI is InChI=1S/C20H20FNO4/c1-3-26-14-6-4-13(5-7-14)11-22-12(2)15(9-20(24)25)16-8-19(23)17(21)10-18(16)22/h4-8,10,23H,3,9,11H2,1-2H3,(H,24,25). The average molecular weight is 357 g/mol. The molecule has 0 spiro atoms. The van der Waals surface area contributed by atoms with Crippen LogP contribution in [-0.2, 0) is 17.8 Å². The van der Waals surface area contributed by atoms with Crippen molar-refractivity contribution in [2.45, 2.75) is 26.8 Å². The SMILES string of the molecule is CCOc1ccc(Cn2c(C)c(CC(=O)O)c3cc(O)c(F)cc32)cc1. The molecule has 2 N–H and O–H groups in total. The Morgan fingerprint density at radius 2 is 1.92 bits per heavy atom. The van der Waals surface area contributed by atoms with Crippen LogP contribution in [0.15, 0.2) is 36.4 Å². The molecule has 3 aromatic rings. The number of aliphatic carboxylic acids is 1. The number of benzene rings is 2. The Kier molecular flexibility index (Phi) is 4.84. The zero-order chi connectivity index (χ0) is 18.8. The summed E-state index contributed by atoms with van der Waals surface area (Å²) in [6, 6.07) is 10.1. The van der Waals surface area contributed by atoms with Crippen molar-refractivity contribution in [3.63, 3.8) is 0 Å². The molecular weight excluding hydrogens is 337 g/mol. The maximum atomic E-state index is 13.9. The van der Waals surface area contributed by atoms with Crippen molar-refractivity contribution >= 4 is 16.9 Å². The fraction of sp³-hybridized carbons (Fsp3) is 0.250. The van der Waals surface area contributed by atoms with Crippen LogP contribution >= 0.6 is 0 Å². The van der Waals surface area contributed by atoms with Crippen molar-refractivity contribution < 1.29 is 24.1 Å². The summed E-state index contributed by atoms with van der Waals surface area (Å²) in [5, 5.41) is 19.4. The molecule has 0 radical (unpaired) electrons. The molecule has 0 saturated carbocycles. The number of phenols is 1. The smallest absolute Gasteiger partial charge is 0.307 e. The molecule has 136 valence electrons. The van der Waals surface area contributed by atoms with Gasteiger partial charge in [0.1, 0.15) is 5.75 Å². The minimum absolute atomic E-state index is 0.191. The number of phenolic OH excluding ortho intramolecular Hbond substituents is 1. The van der Waals surface area contributed by atoms with Crippen molar-refractivity contribution in [2.75, 3.05) is 6.61 Å². The van der Waals surface area contributed by atoms with Gasteiger partial charge in [-0.1, -0.05) is 12.1 Å². The topological polar surface area (TPSA) is 71.7 Å². The fourth-order valence-corrected chi connectivity index (χ4v) is 3.17. The number of ether oxygens (including phenoxy) is 1. The van der Waals surface area contributed by atoms with Crippen LogP contribution in [-0.4, -0.2) is 27.4 Å². The van der Waals surface area contributed by atoms with E-state index in [1.807, 2.05) is 42.7 Å². The first-order chi connectivity index (χ1) is 12.4. The van der Waals surface area contributed by atoms with E-state index in [4.69, 9.17) is 4.74 Å². The first kappa shape index (κ1) is 17.8. The van der Waals surface area contributed by atoms with Crippen molar-refractivity contribution in [2.24, 2.45) is 0 Å². The van der Waals surface area contributed by atoms with Crippen LogP contribution in [0.4, 0.5) is 4.39 Å². The molecule has 0 atom stereocenters. The van der Waals surface area contributed by atoms with Gasteiger partial charge in [0.05, 0.1) is 18.5 Å². The number of fused-ring (bicyclic) bond motifs is 1. The van der Waals surface area contributed by atoms with Crippen molar-refractivity contribution in [3.8, 4) is 11.5 Å². The average Bonchev–Trinajstić information content (AvgIpc) is 2.82. The third-order valence-electron chi connectivity index (χ3n) is 4.43. The number of aromatic nitrogens is 1. The van der Waals surface area contributed by atoms with Gasteiger partial charge in [0.2, 0.25) is 0 Å². The quantitative estimate of drug-likeness (QED) is 0.702. The van der Waals surface area contributed by atoms with Gasteiger partial charge in [-0.3, -0.25) is 4.79 Å². The highest BCUT2D eigenvalue weighted by molar-refractivity contribution is 5.90. The third kappa shape index (κ3) is 3.35. The van der Waals surface area contributed by atoms with E-state index in [0.29, 0.717) is 29.6 Å². The summed E-state index contributed by atoms with van der Waals surface area (Å²) in [7, 11) is 0. The number of nitrogens with zero attached hydrogens (tertiary/aromatic N) is 1. The minimum atomic E-state index is -0.975. The van der Waals surface area contributed by atoms with E-state index in [2.05, 4.69) is 0 Å². The number of carboxylic acids is 1.